The number of hydrogen-bond donors (Lipinski definition) is 4. The van der Waals surface area contributed by atoms with Crippen LogP contribution in [0.2, 0.25) is 0 Å². The number of Topliss-reactive ketones (excluding diaryl/α,β-unsaturated/α-hetero) is 1. The van der Waals surface area contributed by atoms with E-state index in [9.17, 15) is 23.8 Å². The van der Waals surface area contributed by atoms with Crippen LogP contribution in [0.25, 0.3) is 0 Å². The van der Waals surface area contributed by atoms with Crippen molar-refractivity contribution in [1.82, 2.24) is 84.2 Å². The Morgan fingerprint density at radius 3 is 1.58 bits per heavy atom. The third-order valence-corrected chi connectivity index (χ3v) is 12.0. The van der Waals surface area contributed by atoms with E-state index in [1.54, 1.807) is 35.8 Å². The molecular weight excluding hydrogens is 1180 g/mol. The molecule has 0 aromatic carbocycles. The Morgan fingerprint density at radius 1 is 0.592 bits per heavy atom. The molecule has 25 heteroatoms. The molecule has 0 saturated carbocycles. The summed E-state index contributed by atoms with van der Waals surface area (Å²) in [4.78, 5) is 25.0. The van der Waals surface area contributed by atoms with Gasteiger partial charge >= 0.3 is 49.4 Å². The number of imidazole rings is 1. The van der Waals surface area contributed by atoms with Gasteiger partial charge in [0.05, 0.1) is 17.9 Å². The smallest absolute Gasteiger partial charge is 0.0843 e. The molecule has 5 aliphatic heterocycles. The van der Waals surface area contributed by atoms with Crippen LogP contribution in [0.4, 0.5) is 8.78 Å². The number of halogens is 4. The number of aryl methyl sites for hydroxylation is 5. The normalized spacial score (nSPS) is 20.8. The second kappa shape index (κ2) is 29.4. The number of fused-ring (bicyclic) bond motifs is 5. The first-order valence-electron chi connectivity index (χ1n) is 23.5. The number of alkyl halides is 2. The summed E-state index contributed by atoms with van der Waals surface area (Å²) < 4.78 is 35.5. The molecule has 0 bridgehead atoms. The van der Waals surface area contributed by atoms with Crippen LogP contribution in [0.15, 0.2) is 49.7 Å². The number of β-amino-alcohol motifs (C(OH)–C–C–N with tert-alkyl or cyclic N) is 2. The molecule has 11 rings (SSSR count). The quantitative estimate of drug-likeness (QED) is 0.162. The van der Waals surface area contributed by atoms with Crippen LogP contribution in [0.5, 0.6) is 0 Å². The van der Waals surface area contributed by atoms with E-state index in [1.165, 1.54) is 11.9 Å². The minimum atomic E-state index is -0.941. The number of aromatic nitrogens is 12. The second-order valence-electron chi connectivity index (χ2n) is 18.1. The molecule has 11 heterocycles. The molecule has 4 atom stereocenters. The van der Waals surface area contributed by atoms with E-state index in [1.807, 2.05) is 97.2 Å². The molecule has 0 aliphatic carbocycles. The van der Waals surface area contributed by atoms with Crippen LogP contribution >= 0.6 is 40.0 Å². The van der Waals surface area contributed by atoms with Gasteiger partial charge in [0, 0.05) is 118 Å². The Labute approximate surface area is 444 Å². The van der Waals surface area contributed by atoms with Crippen LogP contribution in [0.3, 0.4) is 0 Å². The van der Waals surface area contributed by atoms with Gasteiger partial charge in [-0.3, -0.25) is 33.1 Å². The molecule has 0 amide bonds. The molecule has 5 aliphatic rings. The number of nitrogens with one attached hydrogen (secondary N) is 2. The number of likely N-dealkylation sites (N-methyl/N-ethyl adjacent to an activating group) is 3. The molecule has 20 nitrogen and oxygen atoms in total. The zero-order valence-electron chi connectivity index (χ0n) is 42.0. The SMILES string of the molecule is CN1CCc2cn(C)nc2C(=O)C1.CN1CCc2cn(C)nc2C(F)C1.CN1CCc2cn(C)nc2C(O)C1.Cn1cc2c(n1)C(F)CNCC2.Cn1cc2c(n1)C(O)CNCC2.[I][V][I].c1c[n-]cn1. The Morgan fingerprint density at radius 2 is 1.03 bits per heavy atom. The first-order valence-corrected chi connectivity index (χ1v) is 32.5. The zero-order chi connectivity index (χ0) is 51.6. The van der Waals surface area contributed by atoms with Gasteiger partial charge in [-0.15, -0.1) is 0 Å². The maximum absolute atomic E-state index is 13.6. The number of aliphatic hydroxyl groups excluding tert-OH is 2. The van der Waals surface area contributed by atoms with Crippen molar-refractivity contribution >= 4 is 45.7 Å². The Bertz CT molecular complexity index is 2360. The van der Waals surface area contributed by atoms with Crippen molar-refractivity contribution < 1.29 is 33.3 Å². The summed E-state index contributed by atoms with van der Waals surface area (Å²) in [5, 5.41) is 46.5. The topological polar surface area (TPSA) is 207 Å². The van der Waals surface area contributed by atoms with E-state index >= 15 is 0 Å². The first kappa shape index (κ1) is 58.4. The number of carbonyl (C=O) groups excluding carboxylic acids is 1. The average Bonchev–Trinajstić information content (AvgIpc) is 4.19. The van der Waals surface area contributed by atoms with Crippen molar-refractivity contribution in [3.8, 4) is 0 Å². The molecule has 0 fully saturated rings. The van der Waals surface area contributed by atoms with Crippen LogP contribution in [-0.2, 0) is 76.8 Å². The van der Waals surface area contributed by atoms with Gasteiger partial charge in [0.1, 0.15) is 29.3 Å². The average molecular weight is 1250 g/mol. The molecule has 391 valence electrons. The standard InChI is InChI=1S/C9H14FN3.C9H15N3O.C9H13N3O.C8H12FN3.C8H13N3O.C3H3N2.2HI.V/c1-12-4-3-7-5-13(2)11-9(7)8(10)6-12;2*1-11-4-3-7-5-12(2)10-9(7)8(13)6-11;1-12-5-6-2-3-10-4-7(9)8(6)11-12;1-11-5-6-2-3-9-4-7(12)8(6)10-11;1-2-5-3-4-1;;;/h5,8H,3-4,6H2,1-2H3;5,8,13H,3-4,6H2,1-2H3;5H,3-4,6H2,1-2H3;5,7,10H,2-4H2,1H3;5,7,9,12H,2-4H2,1H3;1-3H;2*1H;/q;;;;;-1;;;+2/p-2. The van der Waals surface area contributed by atoms with Crippen molar-refractivity contribution in [3.05, 3.63) is 106 Å². The third kappa shape index (κ3) is 18.5. The van der Waals surface area contributed by atoms with Gasteiger partial charge in [-0.1, -0.05) is 18.7 Å². The largest absolute Gasteiger partial charge is 0.450 e. The van der Waals surface area contributed by atoms with Gasteiger partial charge in [0.2, 0.25) is 0 Å². The van der Waals surface area contributed by atoms with Crippen LogP contribution in [0.1, 0.15) is 85.6 Å². The maximum atomic E-state index is 13.6. The van der Waals surface area contributed by atoms with Gasteiger partial charge < -0.3 is 40.6 Å². The molecule has 4 N–H and O–H groups in total. The van der Waals surface area contributed by atoms with Crippen LogP contribution in [0, 0.1) is 0 Å². The fraction of sp³-hybridized carbons (Fsp3) is 0.587. The summed E-state index contributed by atoms with van der Waals surface area (Å²) in [6, 6.07) is 0. The van der Waals surface area contributed by atoms with Gasteiger partial charge in [-0.05, 0) is 88.6 Å². The fourth-order valence-corrected chi connectivity index (χ4v) is 8.59. The van der Waals surface area contributed by atoms with Crippen LogP contribution < -0.4 is 15.6 Å². The summed E-state index contributed by atoms with van der Waals surface area (Å²) in [6.45, 7) is 7.26. The minimum Gasteiger partial charge on any atom is -0.450 e. The van der Waals surface area contributed by atoms with Gasteiger partial charge in [0.25, 0.3) is 0 Å². The van der Waals surface area contributed by atoms with Crippen LogP contribution in [-0.4, -0.2) is 171 Å². The third-order valence-electron chi connectivity index (χ3n) is 12.0. The van der Waals surface area contributed by atoms with E-state index in [0.29, 0.717) is 59.3 Å². The van der Waals surface area contributed by atoms with Gasteiger partial charge in [-0.2, -0.15) is 25.5 Å². The Hall–Kier alpha value is -3.45. The Kier molecular flexibility index (Phi) is 24.2. The summed E-state index contributed by atoms with van der Waals surface area (Å²) >= 11 is 4.74. The number of nitrogens with zero attached hydrogens (tertiary/aromatic N) is 15. The predicted octanol–water partition coefficient (Wildman–Crippen LogP) is 2.93. The van der Waals surface area contributed by atoms with E-state index < -0.39 is 24.6 Å². The first-order chi connectivity index (χ1) is 34.0. The summed E-state index contributed by atoms with van der Waals surface area (Å²) in [5.41, 5.74) is 9.11. The summed E-state index contributed by atoms with van der Waals surface area (Å²) in [6.07, 6.45) is 16.4. The molecule has 0 spiro atoms. The molecule has 6 aromatic heterocycles. The van der Waals surface area contributed by atoms with E-state index in [0.717, 1.165) is 98.5 Å². The maximum Gasteiger partial charge on any atom is -0.0843 e. The molecular formula is C46H70F2I2N17O3V-. The predicted molar refractivity (Wildman–Crippen MR) is 280 cm³/mol. The minimum absolute atomic E-state index is 0.135. The monoisotopic (exact) mass is 1250 g/mol. The van der Waals surface area contributed by atoms with Crippen molar-refractivity contribution in [1.29, 1.82) is 0 Å². The number of aliphatic hydroxyl groups is 2. The van der Waals surface area contributed by atoms with Gasteiger partial charge in [0.15, 0.2) is 18.1 Å². The van der Waals surface area contributed by atoms with E-state index in [2.05, 4.69) is 91.0 Å². The van der Waals surface area contributed by atoms with Crippen molar-refractivity contribution in [3.63, 3.8) is 0 Å². The van der Waals surface area contributed by atoms with Crippen molar-refractivity contribution in [2.45, 2.75) is 56.7 Å². The molecule has 71 heavy (non-hydrogen) atoms. The fourth-order valence-electron chi connectivity index (χ4n) is 8.59. The summed E-state index contributed by atoms with van der Waals surface area (Å²) in [5.74, 6) is 0.135. The van der Waals surface area contributed by atoms with E-state index in [-0.39, 0.29) is 5.78 Å². The number of rotatable bonds is 0. The Balaban J connectivity index is 0.000000159. The van der Waals surface area contributed by atoms with E-state index in [4.69, 9.17) is 0 Å². The van der Waals surface area contributed by atoms with Gasteiger partial charge in [-0.25, -0.2) is 8.78 Å². The van der Waals surface area contributed by atoms with Crippen molar-refractivity contribution in [2.75, 3.05) is 86.6 Å². The van der Waals surface area contributed by atoms with Crippen molar-refractivity contribution in [2.24, 2.45) is 35.2 Å². The molecule has 4 unspecified atom stereocenters. The number of ketones is 1. The second-order valence-corrected chi connectivity index (χ2v) is 29.9. The molecule has 6 aromatic rings. The molecule has 0 saturated heterocycles. The molecule has 0 radical (unpaired) electrons. The zero-order valence-corrected chi connectivity index (χ0v) is 47.7. The number of carbonyl (C=O) groups is 1. The number of hydrogen-bond acceptors (Lipinski definition) is 14. The summed E-state index contributed by atoms with van der Waals surface area (Å²) in [7, 11) is 15.9.